The van der Waals surface area contributed by atoms with Crippen molar-refractivity contribution in [1.82, 2.24) is 14.9 Å². The smallest absolute Gasteiger partial charge is 0.323 e. The van der Waals surface area contributed by atoms with Crippen LogP contribution in [0.2, 0.25) is 0 Å². The number of hydrogen-bond donors (Lipinski definition) is 2. The number of carbonyl (C=O) groups excluding carboxylic acids is 1. The molecule has 0 saturated carbocycles. The molecular formula is C8H13N3O4S. The topological polar surface area (TPSA) is 101 Å². The quantitative estimate of drug-likeness (QED) is 0.692. The van der Waals surface area contributed by atoms with Gasteiger partial charge in [0.25, 0.3) is 0 Å². The maximum absolute atomic E-state index is 11.6. The summed E-state index contributed by atoms with van der Waals surface area (Å²) in [5, 5.41) is 5.89. The van der Waals surface area contributed by atoms with Crippen molar-refractivity contribution in [1.29, 1.82) is 0 Å². The van der Waals surface area contributed by atoms with Crippen LogP contribution in [-0.2, 0) is 19.6 Å². The number of aromatic nitrogens is 2. The van der Waals surface area contributed by atoms with Crippen molar-refractivity contribution < 1.29 is 17.9 Å². The van der Waals surface area contributed by atoms with Gasteiger partial charge in [-0.25, -0.2) is 8.42 Å². The number of nitrogens with one attached hydrogen (secondary N) is 2. The molecule has 90 valence electrons. The van der Waals surface area contributed by atoms with Crippen molar-refractivity contribution in [3.05, 3.63) is 12.4 Å². The van der Waals surface area contributed by atoms with Crippen molar-refractivity contribution in [2.45, 2.75) is 24.8 Å². The number of rotatable bonds is 5. The summed E-state index contributed by atoms with van der Waals surface area (Å²) in [6, 6.07) is -0.931. The second-order valence-corrected chi connectivity index (χ2v) is 4.74. The fourth-order valence-electron chi connectivity index (χ4n) is 1.00. The first-order valence-electron chi connectivity index (χ1n) is 4.65. The molecule has 1 heterocycles. The van der Waals surface area contributed by atoms with Crippen LogP contribution in [0.15, 0.2) is 17.3 Å². The van der Waals surface area contributed by atoms with Gasteiger partial charge in [0.2, 0.25) is 10.0 Å². The van der Waals surface area contributed by atoms with Gasteiger partial charge in [0.15, 0.2) is 0 Å². The van der Waals surface area contributed by atoms with Crippen molar-refractivity contribution in [2.75, 3.05) is 6.61 Å². The average Bonchev–Trinajstić information content (AvgIpc) is 2.70. The summed E-state index contributed by atoms with van der Waals surface area (Å²) in [4.78, 5) is 11.2. The summed E-state index contributed by atoms with van der Waals surface area (Å²) in [7, 11) is -3.72. The Hall–Kier alpha value is -1.41. The van der Waals surface area contributed by atoms with Gasteiger partial charge in [0, 0.05) is 6.20 Å². The minimum Gasteiger partial charge on any atom is -0.465 e. The molecule has 0 radical (unpaired) electrons. The largest absolute Gasteiger partial charge is 0.465 e. The Bertz CT molecular complexity index is 440. The number of ether oxygens (including phenoxy) is 1. The Morgan fingerprint density at radius 2 is 2.38 bits per heavy atom. The Balaban J connectivity index is 2.71. The Labute approximate surface area is 93.2 Å². The lowest BCUT2D eigenvalue weighted by atomic mass is 10.4. The number of aromatic amines is 1. The molecule has 0 spiro atoms. The van der Waals surface area contributed by atoms with Gasteiger partial charge in [-0.05, 0) is 13.8 Å². The van der Waals surface area contributed by atoms with E-state index >= 15 is 0 Å². The van der Waals surface area contributed by atoms with Gasteiger partial charge in [-0.3, -0.25) is 9.89 Å². The normalized spacial score (nSPS) is 13.4. The van der Waals surface area contributed by atoms with Gasteiger partial charge in [-0.1, -0.05) is 0 Å². The molecule has 1 aromatic heterocycles. The standard InChI is InChI=1S/C8H13N3O4S/c1-3-15-8(12)6(2)11-16(13,14)7-4-9-10-5-7/h4-6,11H,3H2,1-2H3,(H,9,10). The fourth-order valence-corrected chi connectivity index (χ4v) is 2.10. The van der Waals surface area contributed by atoms with Crippen LogP contribution >= 0.6 is 0 Å². The molecule has 8 heteroatoms. The van der Waals surface area contributed by atoms with E-state index in [1.54, 1.807) is 6.92 Å². The molecular weight excluding hydrogens is 234 g/mol. The van der Waals surface area contributed by atoms with E-state index in [1.807, 2.05) is 0 Å². The molecule has 2 N–H and O–H groups in total. The number of sulfonamides is 1. The number of carbonyl (C=O) groups is 1. The SMILES string of the molecule is CCOC(=O)C(C)NS(=O)(=O)c1cn[nH]c1. The molecule has 1 aromatic rings. The van der Waals surface area contributed by atoms with Crippen molar-refractivity contribution >= 4 is 16.0 Å². The summed E-state index contributed by atoms with van der Waals surface area (Å²) in [5.41, 5.74) is 0. The summed E-state index contributed by atoms with van der Waals surface area (Å²) >= 11 is 0. The van der Waals surface area contributed by atoms with Crippen molar-refractivity contribution in [3.63, 3.8) is 0 Å². The fraction of sp³-hybridized carbons (Fsp3) is 0.500. The van der Waals surface area contributed by atoms with Gasteiger partial charge >= 0.3 is 5.97 Å². The van der Waals surface area contributed by atoms with Crippen LogP contribution in [0, 0.1) is 0 Å². The van der Waals surface area contributed by atoms with Crippen LogP contribution in [0.25, 0.3) is 0 Å². The van der Waals surface area contributed by atoms with Crippen LogP contribution in [0.1, 0.15) is 13.8 Å². The molecule has 0 saturated heterocycles. The van der Waals surface area contributed by atoms with E-state index in [-0.39, 0.29) is 11.5 Å². The van der Waals surface area contributed by atoms with E-state index in [1.165, 1.54) is 13.1 Å². The van der Waals surface area contributed by atoms with Crippen LogP contribution < -0.4 is 4.72 Å². The van der Waals surface area contributed by atoms with E-state index in [0.29, 0.717) is 0 Å². The molecule has 0 aliphatic heterocycles. The van der Waals surface area contributed by atoms with Gasteiger partial charge < -0.3 is 4.74 Å². The van der Waals surface area contributed by atoms with Crippen molar-refractivity contribution in [3.8, 4) is 0 Å². The zero-order valence-corrected chi connectivity index (χ0v) is 9.74. The number of nitrogens with zero attached hydrogens (tertiary/aromatic N) is 1. The minimum absolute atomic E-state index is 0.0244. The van der Waals surface area contributed by atoms with E-state index in [9.17, 15) is 13.2 Å². The number of H-pyrrole nitrogens is 1. The summed E-state index contributed by atoms with van der Waals surface area (Å²) in [6.45, 7) is 3.27. The zero-order valence-electron chi connectivity index (χ0n) is 8.93. The minimum atomic E-state index is -3.72. The third kappa shape index (κ3) is 3.04. The highest BCUT2D eigenvalue weighted by Gasteiger charge is 2.23. The maximum Gasteiger partial charge on any atom is 0.323 e. The van der Waals surface area contributed by atoms with Crippen LogP contribution in [0.5, 0.6) is 0 Å². The zero-order chi connectivity index (χ0) is 12.2. The Kier molecular flexibility index (Phi) is 4.02. The first-order valence-corrected chi connectivity index (χ1v) is 6.13. The Morgan fingerprint density at radius 1 is 1.69 bits per heavy atom. The second-order valence-electron chi connectivity index (χ2n) is 3.03. The molecule has 1 unspecified atom stereocenters. The third-order valence-electron chi connectivity index (χ3n) is 1.76. The number of hydrogen-bond acceptors (Lipinski definition) is 5. The molecule has 16 heavy (non-hydrogen) atoms. The first-order chi connectivity index (χ1) is 7.47. The van der Waals surface area contributed by atoms with Crippen LogP contribution in [-0.4, -0.2) is 37.2 Å². The van der Waals surface area contributed by atoms with E-state index < -0.39 is 22.0 Å². The predicted octanol–water partition coefficient (Wildman–Crippen LogP) is -0.360. The number of esters is 1. The highest BCUT2D eigenvalue weighted by atomic mass is 32.2. The highest BCUT2D eigenvalue weighted by molar-refractivity contribution is 7.89. The average molecular weight is 247 g/mol. The lowest BCUT2D eigenvalue weighted by Gasteiger charge is -2.11. The molecule has 0 amide bonds. The molecule has 0 aromatic carbocycles. The molecule has 0 bridgehead atoms. The summed E-state index contributed by atoms with van der Waals surface area (Å²) < 4.78 is 30.1. The van der Waals surface area contributed by atoms with Crippen LogP contribution in [0.4, 0.5) is 0 Å². The first kappa shape index (κ1) is 12.7. The van der Waals surface area contributed by atoms with E-state index in [2.05, 4.69) is 19.7 Å². The molecule has 0 fully saturated rings. The maximum atomic E-state index is 11.6. The molecule has 0 aliphatic rings. The third-order valence-corrected chi connectivity index (χ3v) is 3.26. The second kappa shape index (κ2) is 5.08. The van der Waals surface area contributed by atoms with Crippen molar-refractivity contribution in [2.24, 2.45) is 0 Å². The van der Waals surface area contributed by atoms with Gasteiger partial charge in [0.1, 0.15) is 10.9 Å². The predicted molar refractivity (Wildman–Crippen MR) is 55.0 cm³/mol. The highest BCUT2D eigenvalue weighted by Crippen LogP contribution is 2.05. The summed E-state index contributed by atoms with van der Waals surface area (Å²) in [5.74, 6) is -0.616. The lowest BCUT2D eigenvalue weighted by molar-refractivity contribution is -0.144. The van der Waals surface area contributed by atoms with Gasteiger partial charge in [0.05, 0.1) is 12.8 Å². The Morgan fingerprint density at radius 3 is 2.88 bits per heavy atom. The van der Waals surface area contributed by atoms with Gasteiger partial charge in [-0.15, -0.1) is 0 Å². The molecule has 7 nitrogen and oxygen atoms in total. The molecule has 1 atom stereocenters. The lowest BCUT2D eigenvalue weighted by Crippen LogP contribution is -2.39. The van der Waals surface area contributed by atoms with E-state index in [4.69, 9.17) is 0 Å². The molecule has 1 rings (SSSR count). The van der Waals surface area contributed by atoms with Gasteiger partial charge in [-0.2, -0.15) is 9.82 Å². The van der Waals surface area contributed by atoms with Crippen LogP contribution in [0.3, 0.4) is 0 Å². The summed E-state index contributed by atoms with van der Waals surface area (Å²) in [6.07, 6.45) is 2.38. The van der Waals surface area contributed by atoms with E-state index in [0.717, 1.165) is 6.20 Å². The molecule has 0 aliphatic carbocycles. The monoisotopic (exact) mass is 247 g/mol.